The lowest BCUT2D eigenvalue weighted by molar-refractivity contribution is 0.170. The van der Waals surface area contributed by atoms with Gasteiger partial charge in [-0.05, 0) is 43.2 Å². The summed E-state index contributed by atoms with van der Waals surface area (Å²) < 4.78 is 5.85. The van der Waals surface area contributed by atoms with Gasteiger partial charge in [0.2, 0.25) is 0 Å². The first-order valence-corrected chi connectivity index (χ1v) is 6.70. The number of aliphatic hydroxyl groups excluding tert-OH is 1. The molecular formula is C16H17ClO2. The van der Waals surface area contributed by atoms with Gasteiger partial charge in [-0.1, -0.05) is 36.7 Å². The van der Waals surface area contributed by atoms with Gasteiger partial charge in [0.1, 0.15) is 11.5 Å². The monoisotopic (exact) mass is 276 g/mol. The molecule has 0 fully saturated rings. The van der Waals surface area contributed by atoms with Crippen LogP contribution in [-0.2, 0) is 0 Å². The average Bonchev–Trinajstić information content (AvgIpc) is 2.43. The Kier molecular flexibility index (Phi) is 4.46. The van der Waals surface area contributed by atoms with Crippen molar-refractivity contribution in [1.29, 1.82) is 0 Å². The van der Waals surface area contributed by atoms with E-state index in [0.29, 0.717) is 17.2 Å². The van der Waals surface area contributed by atoms with E-state index in [1.54, 1.807) is 0 Å². The Morgan fingerprint density at radius 1 is 1.21 bits per heavy atom. The standard InChI is InChI=1S/C16H17ClO2/c1-3-15(18)13-6-4-5-7-16(13)19-12-8-9-14(17)11(2)10-12/h4-10,15,18H,3H2,1-2H3/t15-/m0/s1. The number of halogens is 1. The predicted octanol–water partition coefficient (Wildman–Crippen LogP) is 4.88. The van der Waals surface area contributed by atoms with Crippen LogP contribution < -0.4 is 4.74 Å². The molecule has 100 valence electrons. The molecule has 0 unspecified atom stereocenters. The molecule has 0 saturated heterocycles. The molecule has 19 heavy (non-hydrogen) atoms. The fourth-order valence-electron chi connectivity index (χ4n) is 1.88. The minimum absolute atomic E-state index is 0.510. The summed E-state index contributed by atoms with van der Waals surface area (Å²) in [6, 6.07) is 13.1. The topological polar surface area (TPSA) is 29.5 Å². The maximum atomic E-state index is 9.99. The van der Waals surface area contributed by atoms with Crippen LogP contribution in [0.2, 0.25) is 5.02 Å². The van der Waals surface area contributed by atoms with E-state index in [9.17, 15) is 5.11 Å². The number of benzene rings is 2. The summed E-state index contributed by atoms with van der Waals surface area (Å²) in [6.07, 6.45) is 0.143. The normalized spacial score (nSPS) is 12.2. The van der Waals surface area contributed by atoms with Gasteiger partial charge in [-0.25, -0.2) is 0 Å². The Morgan fingerprint density at radius 3 is 2.63 bits per heavy atom. The molecular weight excluding hydrogens is 260 g/mol. The van der Waals surface area contributed by atoms with Gasteiger partial charge < -0.3 is 9.84 Å². The molecule has 0 radical (unpaired) electrons. The first-order valence-electron chi connectivity index (χ1n) is 6.32. The van der Waals surface area contributed by atoms with Crippen molar-refractivity contribution in [2.24, 2.45) is 0 Å². The van der Waals surface area contributed by atoms with Crippen LogP contribution in [0.3, 0.4) is 0 Å². The van der Waals surface area contributed by atoms with Crippen LogP contribution >= 0.6 is 11.6 Å². The molecule has 0 amide bonds. The fourth-order valence-corrected chi connectivity index (χ4v) is 1.99. The van der Waals surface area contributed by atoms with E-state index < -0.39 is 6.10 Å². The third-order valence-electron chi connectivity index (χ3n) is 3.02. The smallest absolute Gasteiger partial charge is 0.133 e. The molecule has 1 N–H and O–H groups in total. The first-order chi connectivity index (χ1) is 9.11. The van der Waals surface area contributed by atoms with E-state index in [1.807, 2.05) is 56.3 Å². The van der Waals surface area contributed by atoms with Gasteiger partial charge in [-0.15, -0.1) is 0 Å². The highest BCUT2D eigenvalue weighted by atomic mass is 35.5. The number of ether oxygens (including phenoxy) is 1. The van der Waals surface area contributed by atoms with Crippen molar-refractivity contribution < 1.29 is 9.84 Å². The third-order valence-corrected chi connectivity index (χ3v) is 3.45. The molecule has 1 atom stereocenters. The number of rotatable bonds is 4. The zero-order valence-electron chi connectivity index (χ0n) is 11.1. The van der Waals surface area contributed by atoms with Crippen molar-refractivity contribution in [2.45, 2.75) is 26.4 Å². The number of hydrogen-bond acceptors (Lipinski definition) is 2. The molecule has 0 heterocycles. The van der Waals surface area contributed by atoms with E-state index in [1.165, 1.54) is 0 Å². The molecule has 0 bridgehead atoms. The van der Waals surface area contributed by atoms with E-state index in [4.69, 9.17) is 16.3 Å². The Balaban J connectivity index is 2.30. The van der Waals surface area contributed by atoms with Crippen molar-refractivity contribution in [2.75, 3.05) is 0 Å². The SMILES string of the molecule is CC[C@H](O)c1ccccc1Oc1ccc(Cl)c(C)c1. The zero-order chi connectivity index (χ0) is 13.8. The number of aliphatic hydroxyl groups is 1. The second-order valence-corrected chi connectivity index (χ2v) is 4.88. The van der Waals surface area contributed by atoms with Crippen LogP contribution in [0.25, 0.3) is 0 Å². The maximum Gasteiger partial charge on any atom is 0.133 e. The summed E-state index contributed by atoms with van der Waals surface area (Å²) in [4.78, 5) is 0. The molecule has 3 heteroatoms. The largest absolute Gasteiger partial charge is 0.457 e. The van der Waals surface area contributed by atoms with Gasteiger partial charge in [-0.2, -0.15) is 0 Å². The molecule has 2 aromatic carbocycles. The highest BCUT2D eigenvalue weighted by Crippen LogP contribution is 2.32. The summed E-state index contributed by atoms with van der Waals surface area (Å²) in [5.41, 5.74) is 1.77. The van der Waals surface area contributed by atoms with Crippen LogP contribution in [0.15, 0.2) is 42.5 Å². The second kappa shape index (κ2) is 6.09. The zero-order valence-corrected chi connectivity index (χ0v) is 11.8. The number of para-hydroxylation sites is 1. The van der Waals surface area contributed by atoms with Crippen molar-refractivity contribution in [3.63, 3.8) is 0 Å². The Bertz CT molecular complexity index is 566. The van der Waals surface area contributed by atoms with E-state index in [2.05, 4.69) is 0 Å². The molecule has 2 rings (SSSR count). The third kappa shape index (κ3) is 3.28. The predicted molar refractivity (Wildman–Crippen MR) is 78.0 cm³/mol. The lowest BCUT2D eigenvalue weighted by Crippen LogP contribution is -1.98. The minimum atomic E-state index is -0.510. The van der Waals surface area contributed by atoms with Crippen molar-refractivity contribution in [1.82, 2.24) is 0 Å². The molecule has 0 aromatic heterocycles. The molecule has 2 aromatic rings. The van der Waals surface area contributed by atoms with Crippen LogP contribution in [0.4, 0.5) is 0 Å². The lowest BCUT2D eigenvalue weighted by Gasteiger charge is -2.15. The van der Waals surface area contributed by atoms with Crippen LogP contribution in [0.1, 0.15) is 30.6 Å². The van der Waals surface area contributed by atoms with Gasteiger partial charge in [0.15, 0.2) is 0 Å². The lowest BCUT2D eigenvalue weighted by atomic mass is 10.1. The second-order valence-electron chi connectivity index (χ2n) is 4.47. The van der Waals surface area contributed by atoms with E-state index in [-0.39, 0.29) is 0 Å². The van der Waals surface area contributed by atoms with Crippen molar-refractivity contribution in [3.05, 3.63) is 58.6 Å². The molecule has 0 aliphatic heterocycles. The highest BCUT2D eigenvalue weighted by Gasteiger charge is 2.12. The van der Waals surface area contributed by atoms with Crippen LogP contribution in [0, 0.1) is 6.92 Å². The van der Waals surface area contributed by atoms with E-state index >= 15 is 0 Å². The maximum absolute atomic E-state index is 9.99. The first kappa shape index (κ1) is 13.9. The van der Waals surface area contributed by atoms with Crippen LogP contribution in [0.5, 0.6) is 11.5 Å². The summed E-state index contributed by atoms with van der Waals surface area (Å²) in [5.74, 6) is 1.40. The van der Waals surface area contributed by atoms with Gasteiger partial charge in [0, 0.05) is 10.6 Å². The molecule has 2 nitrogen and oxygen atoms in total. The summed E-state index contributed by atoms with van der Waals surface area (Å²) in [5, 5.41) is 10.7. The summed E-state index contributed by atoms with van der Waals surface area (Å²) in [7, 11) is 0. The Hall–Kier alpha value is -1.51. The van der Waals surface area contributed by atoms with E-state index in [0.717, 1.165) is 16.9 Å². The molecule has 0 spiro atoms. The van der Waals surface area contributed by atoms with Crippen molar-refractivity contribution >= 4 is 11.6 Å². The number of hydrogen-bond donors (Lipinski definition) is 1. The number of aryl methyl sites for hydroxylation is 1. The van der Waals surface area contributed by atoms with Gasteiger partial charge in [0.05, 0.1) is 6.10 Å². The quantitative estimate of drug-likeness (QED) is 0.862. The van der Waals surface area contributed by atoms with Gasteiger partial charge in [-0.3, -0.25) is 0 Å². The minimum Gasteiger partial charge on any atom is -0.457 e. The molecule has 0 saturated carbocycles. The summed E-state index contributed by atoms with van der Waals surface area (Å²) >= 11 is 5.99. The fraction of sp³-hybridized carbons (Fsp3) is 0.250. The van der Waals surface area contributed by atoms with Gasteiger partial charge in [0.25, 0.3) is 0 Å². The average molecular weight is 277 g/mol. The summed E-state index contributed by atoms with van der Waals surface area (Å²) in [6.45, 7) is 3.87. The van der Waals surface area contributed by atoms with Crippen LogP contribution in [-0.4, -0.2) is 5.11 Å². The van der Waals surface area contributed by atoms with Gasteiger partial charge >= 0.3 is 0 Å². The Labute approximate surface area is 118 Å². The molecule has 0 aliphatic rings. The molecule has 0 aliphatic carbocycles. The highest BCUT2D eigenvalue weighted by molar-refractivity contribution is 6.31. The Morgan fingerprint density at radius 2 is 1.95 bits per heavy atom. The van der Waals surface area contributed by atoms with Crippen molar-refractivity contribution in [3.8, 4) is 11.5 Å².